The van der Waals surface area contributed by atoms with Gasteiger partial charge in [0, 0.05) is 11.1 Å². The highest BCUT2D eigenvalue weighted by atomic mass is 16.5. The van der Waals surface area contributed by atoms with Crippen LogP contribution in [0, 0.1) is 11.3 Å². The molecule has 0 saturated heterocycles. The summed E-state index contributed by atoms with van der Waals surface area (Å²) in [6.45, 7) is 1.46. The summed E-state index contributed by atoms with van der Waals surface area (Å²) >= 11 is 0. The standard InChI is InChI=1S/C18H15NO4/c1-12(20)15-7-8-17(22-2)16(9-15)11-23-18(21)14-5-3-13(10-19)4-6-14/h3-9H,11H2,1-2H3. The summed E-state index contributed by atoms with van der Waals surface area (Å²) in [4.78, 5) is 23.5. The van der Waals surface area contributed by atoms with Crippen LogP contribution in [0.25, 0.3) is 0 Å². The average Bonchev–Trinajstić information content (AvgIpc) is 2.59. The van der Waals surface area contributed by atoms with Crippen LogP contribution in [0.15, 0.2) is 42.5 Å². The lowest BCUT2D eigenvalue weighted by atomic mass is 10.1. The molecule has 0 spiro atoms. The van der Waals surface area contributed by atoms with Gasteiger partial charge in [0.1, 0.15) is 12.4 Å². The molecular weight excluding hydrogens is 294 g/mol. The number of Topliss-reactive ketones (excluding diaryl/α,β-unsaturated/α-hetero) is 1. The Morgan fingerprint density at radius 1 is 1.09 bits per heavy atom. The van der Waals surface area contributed by atoms with Gasteiger partial charge in [-0.15, -0.1) is 0 Å². The molecule has 0 bridgehead atoms. The third-order valence-electron chi connectivity index (χ3n) is 3.30. The van der Waals surface area contributed by atoms with E-state index in [1.807, 2.05) is 6.07 Å². The first-order chi connectivity index (χ1) is 11.0. The Morgan fingerprint density at radius 2 is 1.74 bits per heavy atom. The largest absolute Gasteiger partial charge is 0.496 e. The van der Waals surface area contributed by atoms with E-state index in [1.165, 1.54) is 26.2 Å². The third-order valence-corrected chi connectivity index (χ3v) is 3.30. The Hall–Kier alpha value is -3.13. The van der Waals surface area contributed by atoms with Crippen LogP contribution < -0.4 is 4.74 Å². The van der Waals surface area contributed by atoms with E-state index in [0.717, 1.165) is 0 Å². The Morgan fingerprint density at radius 3 is 2.30 bits per heavy atom. The molecule has 2 aromatic rings. The topological polar surface area (TPSA) is 76.4 Å². The van der Waals surface area contributed by atoms with Crippen molar-refractivity contribution in [3.05, 3.63) is 64.7 Å². The first-order valence-corrected chi connectivity index (χ1v) is 6.90. The van der Waals surface area contributed by atoms with Gasteiger partial charge in [-0.25, -0.2) is 4.79 Å². The molecule has 0 radical (unpaired) electrons. The lowest BCUT2D eigenvalue weighted by Gasteiger charge is -2.10. The van der Waals surface area contributed by atoms with Crippen LogP contribution in [-0.4, -0.2) is 18.9 Å². The highest BCUT2D eigenvalue weighted by Gasteiger charge is 2.11. The highest BCUT2D eigenvalue weighted by molar-refractivity contribution is 5.94. The summed E-state index contributed by atoms with van der Waals surface area (Å²) in [7, 11) is 1.51. The molecule has 5 nitrogen and oxygen atoms in total. The fourth-order valence-corrected chi connectivity index (χ4v) is 2.02. The van der Waals surface area contributed by atoms with E-state index in [2.05, 4.69) is 0 Å². The summed E-state index contributed by atoms with van der Waals surface area (Å²) < 4.78 is 10.5. The highest BCUT2D eigenvalue weighted by Crippen LogP contribution is 2.21. The van der Waals surface area contributed by atoms with Crippen LogP contribution in [0.4, 0.5) is 0 Å². The molecule has 0 N–H and O–H groups in total. The van der Waals surface area contributed by atoms with Crippen LogP contribution in [0.3, 0.4) is 0 Å². The lowest BCUT2D eigenvalue weighted by molar-refractivity contribution is 0.0470. The number of carbonyl (C=O) groups excluding carboxylic acids is 2. The molecule has 0 saturated carbocycles. The number of nitrogens with zero attached hydrogens (tertiary/aromatic N) is 1. The number of rotatable bonds is 5. The van der Waals surface area contributed by atoms with E-state index in [1.54, 1.807) is 30.3 Å². The van der Waals surface area contributed by atoms with Gasteiger partial charge in [0.2, 0.25) is 0 Å². The van der Waals surface area contributed by atoms with Crippen molar-refractivity contribution >= 4 is 11.8 Å². The molecule has 0 atom stereocenters. The van der Waals surface area contributed by atoms with Gasteiger partial charge in [0.15, 0.2) is 5.78 Å². The molecule has 2 aromatic carbocycles. The third kappa shape index (κ3) is 3.95. The number of carbonyl (C=O) groups is 2. The number of hydrogen-bond donors (Lipinski definition) is 0. The number of methoxy groups -OCH3 is 1. The smallest absolute Gasteiger partial charge is 0.338 e. The molecule has 23 heavy (non-hydrogen) atoms. The van der Waals surface area contributed by atoms with Crippen LogP contribution in [0.2, 0.25) is 0 Å². The number of esters is 1. The normalized spacial score (nSPS) is 9.78. The van der Waals surface area contributed by atoms with Crippen molar-refractivity contribution < 1.29 is 19.1 Å². The van der Waals surface area contributed by atoms with E-state index in [4.69, 9.17) is 14.7 Å². The number of ketones is 1. The summed E-state index contributed by atoms with van der Waals surface area (Å²) in [6, 6.07) is 13.1. The molecule has 0 heterocycles. The van der Waals surface area contributed by atoms with Gasteiger partial charge >= 0.3 is 5.97 Å². The van der Waals surface area contributed by atoms with Gasteiger partial charge in [0.25, 0.3) is 0 Å². The van der Waals surface area contributed by atoms with E-state index >= 15 is 0 Å². The predicted molar refractivity (Wildman–Crippen MR) is 83.3 cm³/mol. The summed E-state index contributed by atoms with van der Waals surface area (Å²) in [5.41, 5.74) is 1.96. The van der Waals surface area contributed by atoms with Crippen LogP contribution in [0.1, 0.15) is 38.8 Å². The van der Waals surface area contributed by atoms with E-state index in [9.17, 15) is 9.59 Å². The van der Waals surface area contributed by atoms with Crippen LogP contribution in [0.5, 0.6) is 5.75 Å². The fourth-order valence-electron chi connectivity index (χ4n) is 2.02. The summed E-state index contributed by atoms with van der Waals surface area (Å²) in [5, 5.41) is 8.74. The lowest BCUT2D eigenvalue weighted by Crippen LogP contribution is -2.07. The number of ether oxygens (including phenoxy) is 2. The van der Waals surface area contributed by atoms with Gasteiger partial charge in [0.05, 0.1) is 24.3 Å². The maximum atomic E-state index is 12.0. The molecule has 2 rings (SSSR count). The predicted octanol–water partition coefficient (Wildman–Crippen LogP) is 3.13. The van der Waals surface area contributed by atoms with Crippen molar-refractivity contribution in [2.75, 3.05) is 7.11 Å². The number of hydrogen-bond acceptors (Lipinski definition) is 5. The monoisotopic (exact) mass is 309 g/mol. The maximum Gasteiger partial charge on any atom is 0.338 e. The maximum absolute atomic E-state index is 12.0. The van der Waals surface area contributed by atoms with E-state index in [-0.39, 0.29) is 12.4 Å². The van der Waals surface area contributed by atoms with Crippen molar-refractivity contribution in [3.63, 3.8) is 0 Å². The Kier molecular flexibility index (Phi) is 5.11. The second kappa shape index (κ2) is 7.23. The summed E-state index contributed by atoms with van der Waals surface area (Å²) in [6.07, 6.45) is 0. The first-order valence-electron chi connectivity index (χ1n) is 6.90. The van der Waals surface area contributed by atoms with Gasteiger partial charge < -0.3 is 9.47 Å². The molecule has 0 aromatic heterocycles. The zero-order valence-electron chi connectivity index (χ0n) is 12.8. The second-order valence-corrected chi connectivity index (χ2v) is 4.85. The molecule has 0 amide bonds. The molecule has 0 fully saturated rings. The first kappa shape index (κ1) is 16.2. The number of benzene rings is 2. The molecule has 5 heteroatoms. The SMILES string of the molecule is COc1ccc(C(C)=O)cc1COC(=O)c1ccc(C#N)cc1. The molecule has 0 unspecified atom stereocenters. The van der Waals surface area contributed by atoms with Crippen molar-refractivity contribution in [2.45, 2.75) is 13.5 Å². The van der Waals surface area contributed by atoms with Gasteiger partial charge in [-0.2, -0.15) is 5.26 Å². The van der Waals surface area contributed by atoms with Crippen molar-refractivity contribution in [3.8, 4) is 11.8 Å². The van der Waals surface area contributed by atoms with Crippen molar-refractivity contribution in [1.29, 1.82) is 5.26 Å². The zero-order chi connectivity index (χ0) is 16.8. The van der Waals surface area contributed by atoms with Crippen molar-refractivity contribution in [1.82, 2.24) is 0 Å². The molecule has 0 aliphatic carbocycles. The minimum Gasteiger partial charge on any atom is -0.496 e. The summed E-state index contributed by atoms with van der Waals surface area (Å²) in [5.74, 6) is -0.0419. The fraction of sp³-hybridized carbons (Fsp3) is 0.167. The van der Waals surface area contributed by atoms with Crippen molar-refractivity contribution in [2.24, 2.45) is 0 Å². The van der Waals surface area contributed by atoms with Gasteiger partial charge in [-0.05, 0) is 49.4 Å². The zero-order valence-corrected chi connectivity index (χ0v) is 12.8. The Labute approximate surface area is 134 Å². The molecular formula is C18H15NO4. The second-order valence-electron chi connectivity index (χ2n) is 4.85. The average molecular weight is 309 g/mol. The van der Waals surface area contributed by atoms with E-state index in [0.29, 0.717) is 28.0 Å². The van der Waals surface area contributed by atoms with Gasteiger partial charge in [-0.1, -0.05) is 0 Å². The quantitative estimate of drug-likeness (QED) is 0.626. The van der Waals surface area contributed by atoms with Crippen LogP contribution in [-0.2, 0) is 11.3 Å². The number of nitriles is 1. The van der Waals surface area contributed by atoms with E-state index < -0.39 is 5.97 Å². The minimum absolute atomic E-state index is 0.0108. The molecule has 116 valence electrons. The van der Waals surface area contributed by atoms with Crippen LogP contribution >= 0.6 is 0 Å². The molecule has 0 aliphatic rings. The Balaban J connectivity index is 2.12. The Bertz CT molecular complexity index is 773. The van der Waals surface area contributed by atoms with Gasteiger partial charge in [-0.3, -0.25) is 4.79 Å². The molecule has 0 aliphatic heterocycles. The minimum atomic E-state index is -0.509.